The Morgan fingerprint density at radius 2 is 2.00 bits per heavy atom. The zero-order valence-corrected chi connectivity index (χ0v) is 14.3. The average Bonchev–Trinajstić information content (AvgIpc) is 2.60. The van der Waals surface area contributed by atoms with Crippen LogP contribution in [0.15, 0.2) is 36.4 Å². The van der Waals surface area contributed by atoms with Crippen LogP contribution in [-0.2, 0) is 6.54 Å². The Hall–Kier alpha value is -3.00. The Balaban J connectivity index is 2.05. The van der Waals surface area contributed by atoms with Gasteiger partial charge in [0.15, 0.2) is 11.5 Å². The molecule has 132 valence electrons. The summed E-state index contributed by atoms with van der Waals surface area (Å²) in [7, 11) is 3.03. The van der Waals surface area contributed by atoms with Gasteiger partial charge >= 0.3 is 6.03 Å². The van der Waals surface area contributed by atoms with Crippen LogP contribution in [0.2, 0.25) is 5.02 Å². The molecule has 2 N–H and O–H groups in total. The van der Waals surface area contributed by atoms with Gasteiger partial charge in [0.05, 0.1) is 19.1 Å². The van der Waals surface area contributed by atoms with E-state index in [1.807, 2.05) is 0 Å². The summed E-state index contributed by atoms with van der Waals surface area (Å²) in [6, 6.07) is 8.79. The van der Waals surface area contributed by atoms with Crippen molar-refractivity contribution in [3.8, 4) is 11.5 Å². The van der Waals surface area contributed by atoms with E-state index in [1.54, 1.807) is 18.2 Å². The number of nitro groups is 1. The number of ether oxygens (including phenoxy) is 2. The molecule has 0 aromatic heterocycles. The van der Waals surface area contributed by atoms with Crippen LogP contribution in [0.3, 0.4) is 0 Å². The molecule has 0 radical (unpaired) electrons. The molecule has 0 heterocycles. The van der Waals surface area contributed by atoms with E-state index in [0.717, 1.165) is 5.56 Å². The highest BCUT2D eigenvalue weighted by Crippen LogP contribution is 2.30. The number of carbonyl (C=O) groups is 1. The molecule has 0 unspecified atom stereocenters. The number of benzene rings is 2. The second kappa shape index (κ2) is 8.20. The minimum Gasteiger partial charge on any atom is -0.493 e. The summed E-state index contributed by atoms with van der Waals surface area (Å²) in [5.74, 6) is 1.07. The summed E-state index contributed by atoms with van der Waals surface area (Å²) in [6.45, 7) is 0.182. The smallest absolute Gasteiger partial charge is 0.319 e. The highest BCUT2D eigenvalue weighted by atomic mass is 35.5. The van der Waals surface area contributed by atoms with Gasteiger partial charge in [-0.3, -0.25) is 10.1 Å². The molecule has 0 atom stereocenters. The average molecular weight is 366 g/mol. The Morgan fingerprint density at radius 3 is 2.64 bits per heavy atom. The number of hydrogen-bond donors (Lipinski definition) is 2. The number of hydrogen-bond acceptors (Lipinski definition) is 5. The minimum atomic E-state index is -0.619. The standard InChI is InChI=1S/C16H16ClN3O5/c1-24-14-5-3-4-10(15(14)25-2)9-18-16(21)19-11-6-7-12(17)13(8-11)20(22)23/h3-8H,9H2,1-2H3,(H2,18,19,21). The van der Waals surface area contributed by atoms with Crippen LogP contribution in [-0.4, -0.2) is 25.2 Å². The summed E-state index contributed by atoms with van der Waals surface area (Å²) in [4.78, 5) is 22.3. The van der Waals surface area contributed by atoms with Gasteiger partial charge in [-0.1, -0.05) is 23.7 Å². The lowest BCUT2D eigenvalue weighted by Gasteiger charge is -2.13. The lowest BCUT2D eigenvalue weighted by molar-refractivity contribution is -0.384. The summed E-state index contributed by atoms with van der Waals surface area (Å²) in [5, 5.41) is 16.0. The molecule has 0 bridgehead atoms. The SMILES string of the molecule is COc1cccc(CNC(=O)Nc2ccc(Cl)c([N+](=O)[O-])c2)c1OC. The maximum absolute atomic E-state index is 12.0. The van der Waals surface area contributed by atoms with Crippen LogP contribution in [0.5, 0.6) is 11.5 Å². The molecule has 2 aromatic carbocycles. The number of nitro benzene ring substituents is 1. The van der Waals surface area contributed by atoms with Crippen LogP contribution < -0.4 is 20.1 Å². The van der Waals surface area contributed by atoms with Crippen LogP contribution in [0.25, 0.3) is 0 Å². The third-order valence-electron chi connectivity index (χ3n) is 3.32. The van der Waals surface area contributed by atoms with Crippen molar-refractivity contribution in [1.82, 2.24) is 5.32 Å². The van der Waals surface area contributed by atoms with E-state index >= 15 is 0 Å². The molecule has 2 rings (SSSR count). The second-order valence-corrected chi connectivity index (χ2v) is 5.29. The number of anilines is 1. The molecule has 2 amide bonds. The number of para-hydroxylation sites is 1. The quantitative estimate of drug-likeness (QED) is 0.601. The maximum Gasteiger partial charge on any atom is 0.319 e. The Bertz CT molecular complexity index is 797. The topological polar surface area (TPSA) is 103 Å². The van der Waals surface area contributed by atoms with Crippen molar-refractivity contribution in [1.29, 1.82) is 0 Å². The minimum absolute atomic E-state index is 0.00271. The molecule has 0 saturated carbocycles. The molecule has 0 saturated heterocycles. The summed E-state index contributed by atoms with van der Waals surface area (Å²) >= 11 is 5.74. The van der Waals surface area contributed by atoms with Gasteiger partial charge in [0.25, 0.3) is 5.69 Å². The molecule has 0 aliphatic heterocycles. The van der Waals surface area contributed by atoms with Crippen LogP contribution in [0.4, 0.5) is 16.2 Å². The van der Waals surface area contributed by atoms with Gasteiger partial charge < -0.3 is 20.1 Å². The highest BCUT2D eigenvalue weighted by Gasteiger charge is 2.14. The van der Waals surface area contributed by atoms with Gasteiger partial charge in [-0.25, -0.2) is 4.79 Å². The van der Waals surface area contributed by atoms with Gasteiger partial charge in [0.1, 0.15) is 5.02 Å². The first-order valence-corrected chi connectivity index (χ1v) is 7.52. The molecule has 0 aliphatic carbocycles. The van der Waals surface area contributed by atoms with E-state index in [1.165, 1.54) is 32.4 Å². The number of rotatable bonds is 6. The van der Waals surface area contributed by atoms with E-state index < -0.39 is 11.0 Å². The first-order chi connectivity index (χ1) is 12.0. The third kappa shape index (κ3) is 4.51. The van der Waals surface area contributed by atoms with E-state index in [4.69, 9.17) is 21.1 Å². The zero-order valence-electron chi connectivity index (χ0n) is 13.5. The van der Waals surface area contributed by atoms with Crippen molar-refractivity contribution in [2.24, 2.45) is 0 Å². The predicted octanol–water partition coefficient (Wildman–Crippen LogP) is 3.59. The fraction of sp³-hybridized carbons (Fsp3) is 0.188. The summed E-state index contributed by atoms with van der Waals surface area (Å²) in [5.41, 5.74) is 0.694. The van der Waals surface area contributed by atoms with Crippen molar-refractivity contribution < 1.29 is 19.2 Å². The monoisotopic (exact) mass is 365 g/mol. The van der Waals surface area contributed by atoms with Gasteiger partial charge in [-0.2, -0.15) is 0 Å². The second-order valence-electron chi connectivity index (χ2n) is 4.88. The Morgan fingerprint density at radius 1 is 1.24 bits per heavy atom. The molecule has 25 heavy (non-hydrogen) atoms. The van der Waals surface area contributed by atoms with Crippen LogP contribution in [0, 0.1) is 10.1 Å². The molecule has 8 nitrogen and oxygen atoms in total. The molecular formula is C16H16ClN3O5. The van der Waals surface area contributed by atoms with Crippen molar-refractivity contribution in [3.05, 3.63) is 57.1 Å². The number of nitrogens with one attached hydrogen (secondary N) is 2. The lowest BCUT2D eigenvalue weighted by Crippen LogP contribution is -2.28. The van der Waals surface area contributed by atoms with Crippen molar-refractivity contribution in [2.75, 3.05) is 19.5 Å². The fourth-order valence-corrected chi connectivity index (χ4v) is 2.36. The van der Waals surface area contributed by atoms with Gasteiger partial charge in [0, 0.05) is 23.9 Å². The molecular weight excluding hydrogens is 350 g/mol. The Labute approximate surface area is 148 Å². The van der Waals surface area contributed by atoms with Gasteiger partial charge in [-0.05, 0) is 18.2 Å². The number of amides is 2. The predicted molar refractivity (Wildman–Crippen MR) is 93.5 cm³/mol. The van der Waals surface area contributed by atoms with Crippen molar-refractivity contribution >= 4 is 29.0 Å². The molecule has 0 spiro atoms. The number of urea groups is 1. The summed E-state index contributed by atoms with van der Waals surface area (Å²) in [6.07, 6.45) is 0. The zero-order chi connectivity index (χ0) is 18.4. The first-order valence-electron chi connectivity index (χ1n) is 7.15. The number of nitrogens with zero attached hydrogens (tertiary/aromatic N) is 1. The third-order valence-corrected chi connectivity index (χ3v) is 3.64. The number of carbonyl (C=O) groups excluding carboxylic acids is 1. The van der Waals surface area contributed by atoms with E-state index in [9.17, 15) is 14.9 Å². The van der Waals surface area contributed by atoms with E-state index in [0.29, 0.717) is 11.5 Å². The van der Waals surface area contributed by atoms with Crippen LogP contribution >= 0.6 is 11.6 Å². The van der Waals surface area contributed by atoms with E-state index in [2.05, 4.69) is 10.6 Å². The van der Waals surface area contributed by atoms with Crippen molar-refractivity contribution in [2.45, 2.75) is 6.54 Å². The molecule has 9 heteroatoms. The lowest BCUT2D eigenvalue weighted by atomic mass is 10.2. The molecule has 2 aromatic rings. The normalized spacial score (nSPS) is 10.0. The largest absolute Gasteiger partial charge is 0.493 e. The number of halogens is 1. The first kappa shape index (κ1) is 18.3. The highest BCUT2D eigenvalue weighted by molar-refractivity contribution is 6.32. The fourth-order valence-electron chi connectivity index (χ4n) is 2.17. The van der Waals surface area contributed by atoms with Crippen LogP contribution in [0.1, 0.15) is 5.56 Å². The van der Waals surface area contributed by atoms with Crippen molar-refractivity contribution in [3.63, 3.8) is 0 Å². The Kier molecular flexibility index (Phi) is 6.02. The maximum atomic E-state index is 12.0. The summed E-state index contributed by atoms with van der Waals surface area (Å²) < 4.78 is 10.5. The van der Waals surface area contributed by atoms with E-state index in [-0.39, 0.29) is 22.9 Å². The van der Waals surface area contributed by atoms with Gasteiger partial charge in [0.2, 0.25) is 0 Å². The molecule has 0 fully saturated rings. The van der Waals surface area contributed by atoms with Gasteiger partial charge in [-0.15, -0.1) is 0 Å². The number of methoxy groups -OCH3 is 2. The molecule has 0 aliphatic rings.